The van der Waals surface area contributed by atoms with Gasteiger partial charge in [0.05, 0.1) is 11.9 Å². The summed E-state index contributed by atoms with van der Waals surface area (Å²) < 4.78 is 0. The van der Waals surface area contributed by atoms with Crippen molar-refractivity contribution in [3.05, 3.63) is 36.2 Å². The van der Waals surface area contributed by atoms with Crippen LogP contribution in [0.2, 0.25) is 0 Å². The van der Waals surface area contributed by atoms with Crippen molar-refractivity contribution < 1.29 is 5.21 Å². The maximum Gasteiger partial charge on any atom is 0.0662 e. The summed E-state index contributed by atoms with van der Waals surface area (Å²) in [5.41, 5.74) is 0.840. The zero-order valence-corrected chi connectivity index (χ0v) is 5.88. The highest BCUT2D eigenvalue weighted by atomic mass is 16.4. The number of rotatable bonds is 2. The van der Waals surface area contributed by atoms with Crippen LogP contribution < -0.4 is 0 Å². The van der Waals surface area contributed by atoms with E-state index in [9.17, 15) is 0 Å². The molecule has 0 amide bonds. The van der Waals surface area contributed by atoms with Gasteiger partial charge in [-0.25, -0.2) is 0 Å². The predicted molar refractivity (Wildman–Crippen MR) is 43.5 cm³/mol. The van der Waals surface area contributed by atoms with Crippen LogP contribution in [0.1, 0.15) is 5.69 Å². The Kier molecular flexibility index (Phi) is 2.86. The summed E-state index contributed by atoms with van der Waals surface area (Å²) in [6.07, 6.45) is 6.35. The average molecular weight is 148 g/mol. The van der Waals surface area contributed by atoms with Crippen molar-refractivity contribution in [2.24, 2.45) is 5.16 Å². The first-order chi connectivity index (χ1) is 5.43. The number of pyridine rings is 1. The lowest BCUT2D eigenvalue weighted by Gasteiger charge is -1.86. The SMILES string of the molecule is O/N=C/C=C/c1ccccn1. The van der Waals surface area contributed by atoms with Gasteiger partial charge >= 0.3 is 0 Å². The molecule has 1 aromatic rings. The molecule has 1 N–H and O–H groups in total. The maximum atomic E-state index is 8.04. The molecule has 11 heavy (non-hydrogen) atoms. The molecule has 1 aromatic heterocycles. The second kappa shape index (κ2) is 4.22. The maximum absolute atomic E-state index is 8.04. The molecule has 56 valence electrons. The van der Waals surface area contributed by atoms with Gasteiger partial charge < -0.3 is 5.21 Å². The molecule has 0 saturated heterocycles. The molecule has 3 nitrogen and oxygen atoms in total. The average Bonchev–Trinajstić information content (AvgIpc) is 2.07. The molecule has 0 aliphatic heterocycles. The summed E-state index contributed by atoms with van der Waals surface area (Å²) in [5.74, 6) is 0. The van der Waals surface area contributed by atoms with Crippen LogP contribution in [-0.4, -0.2) is 16.4 Å². The van der Waals surface area contributed by atoms with Crippen molar-refractivity contribution in [1.82, 2.24) is 4.98 Å². The van der Waals surface area contributed by atoms with E-state index >= 15 is 0 Å². The van der Waals surface area contributed by atoms with Crippen molar-refractivity contribution >= 4 is 12.3 Å². The van der Waals surface area contributed by atoms with E-state index < -0.39 is 0 Å². The van der Waals surface area contributed by atoms with Gasteiger partial charge in [-0.1, -0.05) is 11.2 Å². The Morgan fingerprint density at radius 2 is 2.36 bits per heavy atom. The Labute approximate surface area is 64.7 Å². The number of nitrogens with zero attached hydrogens (tertiary/aromatic N) is 2. The van der Waals surface area contributed by atoms with Gasteiger partial charge in [0.1, 0.15) is 0 Å². The molecule has 0 atom stereocenters. The highest BCUT2D eigenvalue weighted by molar-refractivity contribution is 5.76. The van der Waals surface area contributed by atoms with Gasteiger partial charge in [0.25, 0.3) is 0 Å². The Hall–Kier alpha value is -1.64. The minimum absolute atomic E-state index is 0.840. The van der Waals surface area contributed by atoms with E-state index in [1.54, 1.807) is 18.3 Å². The van der Waals surface area contributed by atoms with Gasteiger partial charge in [0.15, 0.2) is 0 Å². The molecule has 0 bridgehead atoms. The molecule has 0 aliphatic rings. The molecule has 0 saturated carbocycles. The van der Waals surface area contributed by atoms with Crippen LogP contribution in [-0.2, 0) is 0 Å². The Morgan fingerprint density at radius 1 is 1.45 bits per heavy atom. The topological polar surface area (TPSA) is 45.5 Å². The van der Waals surface area contributed by atoms with Gasteiger partial charge in [-0.05, 0) is 24.3 Å². The highest BCUT2D eigenvalue weighted by Crippen LogP contribution is 1.94. The minimum Gasteiger partial charge on any atom is -0.411 e. The Morgan fingerprint density at radius 3 is 3.00 bits per heavy atom. The fourth-order valence-corrected chi connectivity index (χ4v) is 0.655. The van der Waals surface area contributed by atoms with Crippen molar-refractivity contribution in [1.29, 1.82) is 0 Å². The number of hydrogen-bond donors (Lipinski definition) is 1. The predicted octanol–water partition coefficient (Wildman–Crippen LogP) is 1.55. The van der Waals surface area contributed by atoms with Crippen LogP contribution in [0.15, 0.2) is 35.6 Å². The van der Waals surface area contributed by atoms with Crippen LogP contribution in [0.3, 0.4) is 0 Å². The third-order valence-electron chi connectivity index (χ3n) is 1.11. The highest BCUT2D eigenvalue weighted by Gasteiger charge is 1.80. The van der Waals surface area contributed by atoms with Crippen molar-refractivity contribution in [3.8, 4) is 0 Å². The van der Waals surface area contributed by atoms with E-state index in [2.05, 4.69) is 10.1 Å². The van der Waals surface area contributed by atoms with Gasteiger partial charge in [-0.2, -0.15) is 0 Å². The molecule has 0 aliphatic carbocycles. The van der Waals surface area contributed by atoms with E-state index in [0.29, 0.717) is 0 Å². The summed E-state index contributed by atoms with van der Waals surface area (Å²) in [6, 6.07) is 5.60. The van der Waals surface area contributed by atoms with Gasteiger partial charge in [-0.15, -0.1) is 0 Å². The van der Waals surface area contributed by atoms with E-state index in [-0.39, 0.29) is 0 Å². The first-order valence-corrected chi connectivity index (χ1v) is 3.18. The lowest BCUT2D eigenvalue weighted by molar-refractivity contribution is 0.322. The molecule has 0 aromatic carbocycles. The van der Waals surface area contributed by atoms with Gasteiger partial charge in [0.2, 0.25) is 0 Å². The molecule has 0 spiro atoms. The summed E-state index contributed by atoms with van der Waals surface area (Å²) in [7, 11) is 0. The lowest BCUT2D eigenvalue weighted by atomic mass is 10.3. The standard InChI is InChI=1S/C8H8N2O/c11-10-7-3-5-8-4-1-2-6-9-8/h1-7,11H/b5-3+,10-7+. The van der Waals surface area contributed by atoms with E-state index in [1.165, 1.54) is 6.21 Å². The van der Waals surface area contributed by atoms with Crippen LogP contribution >= 0.6 is 0 Å². The van der Waals surface area contributed by atoms with E-state index in [0.717, 1.165) is 5.69 Å². The fourth-order valence-electron chi connectivity index (χ4n) is 0.655. The van der Waals surface area contributed by atoms with Crippen molar-refractivity contribution in [2.45, 2.75) is 0 Å². The third kappa shape index (κ3) is 2.62. The zero-order valence-electron chi connectivity index (χ0n) is 5.88. The first kappa shape index (κ1) is 7.47. The Balaban J connectivity index is 2.64. The van der Waals surface area contributed by atoms with Crippen LogP contribution in [0.5, 0.6) is 0 Å². The van der Waals surface area contributed by atoms with Gasteiger partial charge in [0, 0.05) is 6.20 Å². The summed E-state index contributed by atoms with van der Waals surface area (Å²) >= 11 is 0. The zero-order chi connectivity index (χ0) is 7.94. The summed E-state index contributed by atoms with van der Waals surface area (Å²) in [6.45, 7) is 0. The first-order valence-electron chi connectivity index (χ1n) is 3.18. The summed E-state index contributed by atoms with van der Waals surface area (Å²) in [5, 5.41) is 10.9. The molecular weight excluding hydrogens is 140 g/mol. The van der Waals surface area contributed by atoms with Gasteiger partial charge in [-0.3, -0.25) is 4.98 Å². The number of aromatic nitrogens is 1. The van der Waals surface area contributed by atoms with Crippen molar-refractivity contribution in [3.63, 3.8) is 0 Å². The molecule has 0 fully saturated rings. The summed E-state index contributed by atoms with van der Waals surface area (Å²) in [4.78, 5) is 4.02. The van der Waals surface area contributed by atoms with Crippen LogP contribution in [0, 0.1) is 0 Å². The molecule has 3 heteroatoms. The number of hydrogen-bond acceptors (Lipinski definition) is 3. The second-order valence-electron chi connectivity index (χ2n) is 1.88. The number of allylic oxidation sites excluding steroid dienone is 1. The van der Waals surface area contributed by atoms with Crippen molar-refractivity contribution in [2.75, 3.05) is 0 Å². The number of oxime groups is 1. The monoisotopic (exact) mass is 148 g/mol. The van der Waals surface area contributed by atoms with Crippen LogP contribution in [0.25, 0.3) is 6.08 Å². The normalized spacial score (nSPS) is 11.3. The molecule has 0 radical (unpaired) electrons. The van der Waals surface area contributed by atoms with E-state index in [1.807, 2.05) is 18.2 Å². The molecular formula is C8H8N2O. The quantitative estimate of drug-likeness (QED) is 0.393. The Bertz CT molecular complexity index is 254. The molecule has 1 heterocycles. The lowest BCUT2D eigenvalue weighted by Crippen LogP contribution is -1.76. The smallest absolute Gasteiger partial charge is 0.0662 e. The largest absolute Gasteiger partial charge is 0.411 e. The fraction of sp³-hybridized carbons (Fsp3) is 0. The minimum atomic E-state index is 0.840. The third-order valence-corrected chi connectivity index (χ3v) is 1.11. The van der Waals surface area contributed by atoms with Crippen LogP contribution in [0.4, 0.5) is 0 Å². The second-order valence-corrected chi connectivity index (χ2v) is 1.88. The molecule has 0 unspecified atom stereocenters. The molecule has 1 rings (SSSR count). The van der Waals surface area contributed by atoms with E-state index in [4.69, 9.17) is 5.21 Å².